The van der Waals surface area contributed by atoms with Crippen LogP contribution in [-0.2, 0) is 9.59 Å². The highest BCUT2D eigenvalue weighted by molar-refractivity contribution is 7.21. The molecule has 27 heavy (non-hydrogen) atoms. The number of fused-ring (bicyclic) bond motifs is 1. The number of carbonyl (C=O) groups is 2. The molecule has 0 radical (unpaired) electrons. The molecule has 1 N–H and O–H groups in total. The Bertz CT molecular complexity index is 790. The van der Waals surface area contributed by atoms with Crippen LogP contribution in [0.4, 0.5) is 5.13 Å². The van der Waals surface area contributed by atoms with Crippen molar-refractivity contribution in [3.63, 3.8) is 0 Å². The van der Waals surface area contributed by atoms with Crippen molar-refractivity contribution in [2.75, 3.05) is 37.6 Å². The zero-order chi connectivity index (χ0) is 18.6. The van der Waals surface area contributed by atoms with Crippen LogP contribution in [0, 0.1) is 5.92 Å². The predicted octanol–water partition coefficient (Wildman–Crippen LogP) is 2.04. The maximum Gasteiger partial charge on any atom is 0.224 e. The minimum absolute atomic E-state index is 0.00728. The number of hydrogen-bond acceptors (Lipinski definition) is 6. The molecule has 1 atom stereocenters. The number of piperidine rings is 1. The summed E-state index contributed by atoms with van der Waals surface area (Å²) in [6.45, 7) is 3.87. The Morgan fingerprint density at radius 1 is 1.33 bits per heavy atom. The fourth-order valence-electron chi connectivity index (χ4n) is 3.82. The van der Waals surface area contributed by atoms with Gasteiger partial charge in [0.25, 0.3) is 0 Å². The van der Waals surface area contributed by atoms with Gasteiger partial charge in [0, 0.05) is 45.3 Å². The van der Waals surface area contributed by atoms with E-state index in [0.717, 1.165) is 60.8 Å². The molecule has 2 amide bonds. The van der Waals surface area contributed by atoms with Crippen LogP contribution >= 0.6 is 11.3 Å². The minimum Gasteiger partial charge on any atom is -0.356 e. The quantitative estimate of drug-likeness (QED) is 0.768. The van der Waals surface area contributed by atoms with Gasteiger partial charge >= 0.3 is 0 Å². The van der Waals surface area contributed by atoms with E-state index >= 15 is 0 Å². The summed E-state index contributed by atoms with van der Waals surface area (Å²) in [6.07, 6.45) is 6.14. The molecule has 2 saturated heterocycles. The van der Waals surface area contributed by atoms with Crippen molar-refractivity contribution in [2.45, 2.75) is 32.1 Å². The summed E-state index contributed by atoms with van der Waals surface area (Å²) in [7, 11) is 0. The number of pyridine rings is 1. The van der Waals surface area contributed by atoms with Gasteiger partial charge in [0.1, 0.15) is 10.3 Å². The van der Waals surface area contributed by atoms with Crippen molar-refractivity contribution in [1.82, 2.24) is 20.2 Å². The SMILES string of the molecule is O=C(NCCCN1CCCC1=O)C1CCCN(c2nc3cccnc3s2)C1. The Balaban J connectivity index is 1.27. The number of hydrogen-bond donors (Lipinski definition) is 1. The van der Waals surface area contributed by atoms with Crippen LogP contribution in [0.1, 0.15) is 32.1 Å². The average molecular weight is 388 g/mol. The highest BCUT2D eigenvalue weighted by atomic mass is 32.1. The number of nitrogens with one attached hydrogen (secondary N) is 1. The van der Waals surface area contributed by atoms with Gasteiger partial charge < -0.3 is 15.1 Å². The van der Waals surface area contributed by atoms with Crippen LogP contribution in [0.15, 0.2) is 18.3 Å². The topological polar surface area (TPSA) is 78.4 Å². The molecule has 0 spiro atoms. The molecule has 4 rings (SSSR count). The lowest BCUT2D eigenvalue weighted by Crippen LogP contribution is -2.43. The first kappa shape index (κ1) is 18.2. The normalized spacial score (nSPS) is 20.4. The second-order valence-electron chi connectivity index (χ2n) is 7.24. The lowest BCUT2D eigenvalue weighted by molar-refractivity contribution is -0.127. The Morgan fingerprint density at radius 3 is 3.07 bits per heavy atom. The number of thiazole rings is 1. The van der Waals surface area contributed by atoms with Crippen LogP contribution in [0.5, 0.6) is 0 Å². The number of nitrogens with zero attached hydrogens (tertiary/aromatic N) is 4. The largest absolute Gasteiger partial charge is 0.356 e. The van der Waals surface area contributed by atoms with Crippen LogP contribution < -0.4 is 10.2 Å². The third-order valence-electron chi connectivity index (χ3n) is 5.29. The molecule has 0 aliphatic carbocycles. The Morgan fingerprint density at radius 2 is 2.26 bits per heavy atom. The highest BCUT2D eigenvalue weighted by Crippen LogP contribution is 2.30. The van der Waals surface area contributed by atoms with Gasteiger partial charge in [0.2, 0.25) is 11.8 Å². The number of anilines is 1. The molecule has 4 heterocycles. The molecule has 8 heteroatoms. The molecule has 2 aliphatic heterocycles. The molecule has 7 nitrogen and oxygen atoms in total. The van der Waals surface area contributed by atoms with Gasteiger partial charge in [0.15, 0.2) is 5.13 Å². The van der Waals surface area contributed by atoms with E-state index in [1.807, 2.05) is 17.0 Å². The van der Waals surface area contributed by atoms with Crippen LogP contribution in [0.25, 0.3) is 10.3 Å². The first-order chi connectivity index (χ1) is 13.2. The van der Waals surface area contributed by atoms with Crippen molar-refractivity contribution in [3.05, 3.63) is 18.3 Å². The van der Waals surface area contributed by atoms with E-state index in [9.17, 15) is 9.59 Å². The van der Waals surface area contributed by atoms with Crippen molar-refractivity contribution in [3.8, 4) is 0 Å². The second-order valence-corrected chi connectivity index (χ2v) is 8.19. The second kappa shape index (κ2) is 8.21. The molecular formula is C19H25N5O2S. The summed E-state index contributed by atoms with van der Waals surface area (Å²) in [5, 5.41) is 4.01. The molecular weight excluding hydrogens is 362 g/mol. The summed E-state index contributed by atoms with van der Waals surface area (Å²) < 4.78 is 0. The van der Waals surface area contributed by atoms with Crippen LogP contribution in [0.2, 0.25) is 0 Å². The molecule has 2 fully saturated rings. The van der Waals surface area contributed by atoms with Gasteiger partial charge in [0.05, 0.1) is 5.92 Å². The molecule has 0 saturated carbocycles. The van der Waals surface area contributed by atoms with E-state index in [1.165, 1.54) is 0 Å². The van der Waals surface area contributed by atoms with E-state index in [2.05, 4.69) is 20.2 Å². The lowest BCUT2D eigenvalue weighted by atomic mass is 9.97. The number of amides is 2. The number of rotatable bonds is 6. The lowest BCUT2D eigenvalue weighted by Gasteiger charge is -2.31. The predicted molar refractivity (Wildman–Crippen MR) is 106 cm³/mol. The molecule has 2 aromatic rings. The Kier molecular flexibility index (Phi) is 5.52. The smallest absolute Gasteiger partial charge is 0.224 e. The molecule has 2 aromatic heterocycles. The summed E-state index contributed by atoms with van der Waals surface area (Å²) in [6, 6.07) is 3.87. The van der Waals surface area contributed by atoms with Crippen molar-refractivity contribution >= 4 is 38.6 Å². The Hall–Kier alpha value is -2.22. The van der Waals surface area contributed by atoms with E-state index < -0.39 is 0 Å². The van der Waals surface area contributed by atoms with Crippen LogP contribution in [0.3, 0.4) is 0 Å². The van der Waals surface area contributed by atoms with Crippen molar-refractivity contribution in [2.24, 2.45) is 5.92 Å². The van der Waals surface area contributed by atoms with Crippen LogP contribution in [-0.4, -0.2) is 59.4 Å². The number of aromatic nitrogens is 2. The monoisotopic (exact) mass is 387 g/mol. The summed E-state index contributed by atoms with van der Waals surface area (Å²) in [5.74, 6) is 0.355. The molecule has 144 valence electrons. The molecule has 0 aromatic carbocycles. The third kappa shape index (κ3) is 4.21. The van der Waals surface area contributed by atoms with Gasteiger partial charge in [-0.1, -0.05) is 11.3 Å². The third-order valence-corrected chi connectivity index (χ3v) is 6.33. The van der Waals surface area contributed by atoms with Gasteiger partial charge in [-0.05, 0) is 37.8 Å². The molecule has 0 bridgehead atoms. The van der Waals surface area contributed by atoms with E-state index in [4.69, 9.17) is 0 Å². The van der Waals surface area contributed by atoms with Crippen molar-refractivity contribution in [1.29, 1.82) is 0 Å². The molecule has 1 unspecified atom stereocenters. The molecule has 2 aliphatic rings. The standard InChI is InChI=1S/C19H25N5O2S/c25-16-7-3-10-23(16)12-4-9-20-17(26)14-5-2-11-24(13-14)19-22-15-6-1-8-21-18(15)27-19/h1,6,8,14H,2-5,7,9-13H2,(H,20,26). The first-order valence-electron chi connectivity index (χ1n) is 9.73. The summed E-state index contributed by atoms with van der Waals surface area (Å²) in [5.41, 5.74) is 0.917. The van der Waals surface area contributed by atoms with Gasteiger partial charge in [-0.15, -0.1) is 0 Å². The first-order valence-corrected chi connectivity index (χ1v) is 10.5. The Labute approximate surface area is 162 Å². The van der Waals surface area contributed by atoms with E-state index in [1.54, 1.807) is 17.5 Å². The maximum absolute atomic E-state index is 12.6. The van der Waals surface area contributed by atoms with Gasteiger partial charge in [-0.2, -0.15) is 0 Å². The number of carbonyl (C=O) groups excluding carboxylic acids is 2. The van der Waals surface area contributed by atoms with E-state index in [0.29, 0.717) is 19.5 Å². The number of likely N-dealkylation sites (tertiary alicyclic amines) is 1. The highest BCUT2D eigenvalue weighted by Gasteiger charge is 2.27. The fraction of sp³-hybridized carbons (Fsp3) is 0.579. The summed E-state index contributed by atoms with van der Waals surface area (Å²) >= 11 is 1.59. The maximum atomic E-state index is 12.6. The van der Waals surface area contributed by atoms with E-state index in [-0.39, 0.29) is 17.7 Å². The fourth-order valence-corrected chi connectivity index (χ4v) is 4.77. The zero-order valence-electron chi connectivity index (χ0n) is 15.4. The summed E-state index contributed by atoms with van der Waals surface area (Å²) in [4.78, 5) is 38.2. The van der Waals surface area contributed by atoms with Crippen molar-refractivity contribution < 1.29 is 9.59 Å². The zero-order valence-corrected chi connectivity index (χ0v) is 16.2. The minimum atomic E-state index is -0.00728. The van der Waals surface area contributed by atoms with Gasteiger partial charge in [-0.25, -0.2) is 9.97 Å². The van der Waals surface area contributed by atoms with Gasteiger partial charge in [-0.3, -0.25) is 9.59 Å². The average Bonchev–Trinajstić information content (AvgIpc) is 3.31.